The van der Waals surface area contributed by atoms with Crippen molar-refractivity contribution in [2.24, 2.45) is 0 Å². The first kappa shape index (κ1) is 18.4. The zero-order valence-corrected chi connectivity index (χ0v) is 15.7. The molecule has 2 aromatic carbocycles. The maximum atomic E-state index is 13.1. The minimum absolute atomic E-state index is 0.176. The third-order valence-corrected chi connectivity index (χ3v) is 5.18. The largest absolute Gasteiger partial charge is 0.368 e. The van der Waals surface area contributed by atoms with Crippen LogP contribution < -0.4 is 10.2 Å². The normalized spacial score (nSPS) is 14.6. The summed E-state index contributed by atoms with van der Waals surface area (Å²) < 4.78 is 13.1. The number of aromatic amines is 1. The van der Waals surface area contributed by atoms with Crippen LogP contribution in [0.5, 0.6) is 0 Å². The molecular weight excluding hydrogens is 357 g/mol. The number of hydrogen-bond acceptors (Lipinski definition) is 4. The van der Waals surface area contributed by atoms with E-state index in [1.54, 1.807) is 18.3 Å². The molecule has 0 bridgehead atoms. The van der Waals surface area contributed by atoms with E-state index in [0.717, 1.165) is 41.8 Å². The lowest BCUT2D eigenvalue weighted by Gasteiger charge is -2.36. The number of aromatic nitrogens is 2. The lowest BCUT2D eigenvalue weighted by Crippen LogP contribution is -2.49. The van der Waals surface area contributed by atoms with E-state index >= 15 is 0 Å². The number of piperazine rings is 1. The zero-order valence-electron chi connectivity index (χ0n) is 15.7. The van der Waals surface area contributed by atoms with E-state index in [2.05, 4.69) is 32.5 Å². The Balaban J connectivity index is 1.19. The number of nitrogens with zero attached hydrogens (tertiary/aromatic N) is 3. The van der Waals surface area contributed by atoms with Crippen LogP contribution in [0.15, 0.2) is 48.7 Å². The van der Waals surface area contributed by atoms with Crippen molar-refractivity contribution in [3.8, 4) is 0 Å². The molecule has 0 aliphatic carbocycles. The minimum atomic E-state index is -0.227. The number of rotatable bonds is 6. The summed E-state index contributed by atoms with van der Waals surface area (Å²) in [6, 6.07) is 12.7. The van der Waals surface area contributed by atoms with E-state index in [9.17, 15) is 9.18 Å². The van der Waals surface area contributed by atoms with Gasteiger partial charge in [0.25, 0.3) is 0 Å². The molecule has 1 saturated heterocycles. The molecule has 7 heteroatoms. The van der Waals surface area contributed by atoms with E-state index in [1.807, 2.05) is 11.0 Å². The van der Waals surface area contributed by atoms with Crippen LogP contribution in [0.1, 0.15) is 12.0 Å². The molecule has 0 unspecified atom stereocenters. The summed E-state index contributed by atoms with van der Waals surface area (Å²) in [5, 5.41) is 11.4. The molecule has 1 aliphatic rings. The number of amides is 1. The van der Waals surface area contributed by atoms with Crippen molar-refractivity contribution in [1.82, 2.24) is 20.4 Å². The average Bonchev–Trinajstić information content (AvgIpc) is 3.20. The van der Waals surface area contributed by atoms with Crippen molar-refractivity contribution in [3.05, 3.63) is 60.0 Å². The Morgan fingerprint density at radius 1 is 1.11 bits per heavy atom. The maximum absolute atomic E-state index is 13.1. The molecule has 0 radical (unpaired) electrons. The fourth-order valence-corrected chi connectivity index (χ4v) is 3.55. The quantitative estimate of drug-likeness (QED) is 0.644. The van der Waals surface area contributed by atoms with Gasteiger partial charge in [-0.25, -0.2) is 4.39 Å². The second kappa shape index (κ2) is 8.39. The molecule has 146 valence electrons. The van der Waals surface area contributed by atoms with Gasteiger partial charge in [-0.15, -0.1) is 0 Å². The number of carbonyl (C=O) groups excluding carboxylic acids is 1. The third-order valence-electron chi connectivity index (χ3n) is 5.18. The molecule has 2 heterocycles. The molecule has 1 amide bonds. The summed E-state index contributed by atoms with van der Waals surface area (Å²) in [5.41, 5.74) is 3.19. The standard InChI is InChI=1S/C21H24FN5O/c22-18-3-5-19(6-4-18)26-9-11-27(12-10-26)21(28)7-8-23-14-16-1-2-17-15-24-25-20(17)13-16/h1-6,13,15,23H,7-12,14H2,(H,24,25). The van der Waals surface area contributed by atoms with Crippen LogP contribution in [0.25, 0.3) is 10.9 Å². The minimum Gasteiger partial charge on any atom is -0.368 e. The summed E-state index contributed by atoms with van der Waals surface area (Å²) in [6.07, 6.45) is 2.30. The fraction of sp³-hybridized carbons (Fsp3) is 0.333. The van der Waals surface area contributed by atoms with Crippen LogP contribution in [-0.4, -0.2) is 53.7 Å². The summed E-state index contributed by atoms with van der Waals surface area (Å²) in [5.74, 6) is -0.0511. The van der Waals surface area contributed by atoms with Gasteiger partial charge in [-0.1, -0.05) is 12.1 Å². The van der Waals surface area contributed by atoms with Gasteiger partial charge in [0.05, 0.1) is 11.7 Å². The van der Waals surface area contributed by atoms with Gasteiger partial charge in [-0.2, -0.15) is 5.10 Å². The summed E-state index contributed by atoms with van der Waals surface area (Å²) in [7, 11) is 0. The highest BCUT2D eigenvalue weighted by Gasteiger charge is 2.20. The lowest BCUT2D eigenvalue weighted by molar-refractivity contribution is -0.131. The van der Waals surface area contributed by atoms with Gasteiger partial charge in [0.2, 0.25) is 5.91 Å². The van der Waals surface area contributed by atoms with Gasteiger partial charge >= 0.3 is 0 Å². The molecule has 6 nitrogen and oxygen atoms in total. The van der Waals surface area contributed by atoms with Crippen LogP contribution in [-0.2, 0) is 11.3 Å². The Labute approximate surface area is 163 Å². The van der Waals surface area contributed by atoms with Gasteiger partial charge in [0.15, 0.2) is 0 Å². The molecule has 1 aromatic heterocycles. The second-order valence-corrected chi connectivity index (χ2v) is 7.06. The van der Waals surface area contributed by atoms with E-state index in [1.165, 1.54) is 12.1 Å². The summed E-state index contributed by atoms with van der Waals surface area (Å²) in [6.45, 7) is 4.32. The van der Waals surface area contributed by atoms with Gasteiger partial charge in [-0.3, -0.25) is 9.89 Å². The van der Waals surface area contributed by atoms with Gasteiger partial charge in [-0.05, 0) is 35.9 Å². The summed E-state index contributed by atoms with van der Waals surface area (Å²) >= 11 is 0. The topological polar surface area (TPSA) is 64.3 Å². The summed E-state index contributed by atoms with van der Waals surface area (Å²) in [4.78, 5) is 16.5. The second-order valence-electron chi connectivity index (χ2n) is 7.06. The Hall–Kier alpha value is -2.93. The van der Waals surface area contributed by atoms with Crippen molar-refractivity contribution in [2.75, 3.05) is 37.6 Å². The monoisotopic (exact) mass is 381 g/mol. The number of hydrogen-bond donors (Lipinski definition) is 2. The lowest BCUT2D eigenvalue weighted by atomic mass is 10.1. The number of anilines is 1. The highest BCUT2D eigenvalue weighted by molar-refractivity contribution is 5.78. The molecule has 4 rings (SSSR count). The molecule has 0 spiro atoms. The molecule has 0 saturated carbocycles. The maximum Gasteiger partial charge on any atom is 0.223 e. The van der Waals surface area contributed by atoms with Crippen molar-refractivity contribution >= 4 is 22.5 Å². The predicted octanol–water partition coefficient (Wildman–Crippen LogP) is 2.53. The molecule has 0 atom stereocenters. The Bertz CT molecular complexity index is 931. The van der Waals surface area contributed by atoms with Crippen molar-refractivity contribution in [2.45, 2.75) is 13.0 Å². The Kier molecular flexibility index (Phi) is 5.53. The molecule has 1 aliphatic heterocycles. The fourth-order valence-electron chi connectivity index (χ4n) is 3.55. The number of fused-ring (bicyclic) bond motifs is 1. The van der Waals surface area contributed by atoms with Crippen molar-refractivity contribution in [3.63, 3.8) is 0 Å². The van der Waals surface area contributed by atoms with Crippen LogP contribution in [0.4, 0.5) is 10.1 Å². The van der Waals surface area contributed by atoms with Crippen LogP contribution >= 0.6 is 0 Å². The predicted molar refractivity (Wildman–Crippen MR) is 108 cm³/mol. The van der Waals surface area contributed by atoms with E-state index in [4.69, 9.17) is 0 Å². The smallest absolute Gasteiger partial charge is 0.223 e. The SMILES string of the molecule is O=C(CCNCc1ccc2cn[nH]c2c1)N1CCN(c2ccc(F)cc2)CC1. The van der Waals surface area contributed by atoms with Crippen molar-refractivity contribution in [1.29, 1.82) is 0 Å². The molecule has 28 heavy (non-hydrogen) atoms. The number of nitrogens with one attached hydrogen (secondary N) is 2. The van der Waals surface area contributed by atoms with Gasteiger partial charge in [0.1, 0.15) is 5.82 Å². The average molecular weight is 381 g/mol. The Morgan fingerprint density at radius 3 is 2.68 bits per heavy atom. The number of halogens is 1. The molecule has 2 N–H and O–H groups in total. The van der Waals surface area contributed by atoms with Crippen molar-refractivity contribution < 1.29 is 9.18 Å². The van der Waals surface area contributed by atoms with Crippen LogP contribution in [0.2, 0.25) is 0 Å². The highest BCUT2D eigenvalue weighted by atomic mass is 19.1. The first-order valence-corrected chi connectivity index (χ1v) is 9.60. The molecular formula is C21H24FN5O. The van der Waals surface area contributed by atoms with Gasteiger partial charge in [0, 0.05) is 56.8 Å². The highest BCUT2D eigenvalue weighted by Crippen LogP contribution is 2.17. The number of benzene rings is 2. The van der Waals surface area contributed by atoms with E-state index in [-0.39, 0.29) is 11.7 Å². The number of H-pyrrole nitrogens is 1. The first-order chi connectivity index (χ1) is 13.7. The van der Waals surface area contributed by atoms with E-state index < -0.39 is 0 Å². The third kappa shape index (κ3) is 4.31. The molecule has 1 fully saturated rings. The number of carbonyl (C=O) groups is 1. The molecule has 3 aromatic rings. The first-order valence-electron chi connectivity index (χ1n) is 9.60. The zero-order chi connectivity index (χ0) is 19.3. The van der Waals surface area contributed by atoms with Crippen LogP contribution in [0.3, 0.4) is 0 Å². The Morgan fingerprint density at radius 2 is 1.89 bits per heavy atom. The van der Waals surface area contributed by atoms with E-state index in [0.29, 0.717) is 26.1 Å². The van der Waals surface area contributed by atoms with Gasteiger partial charge < -0.3 is 15.1 Å². The van der Waals surface area contributed by atoms with Crippen LogP contribution in [0, 0.1) is 5.82 Å².